The number of nitro groups is 1. The number of nitro benzene ring substituents is 1. The van der Waals surface area contributed by atoms with Crippen LogP contribution in [0.2, 0.25) is 5.02 Å². The number of hydrogen-bond acceptors (Lipinski definition) is 6. The molecule has 9 heteroatoms. The molecular formula is C19H25ClN2O6. The minimum absolute atomic E-state index is 0.0539. The highest BCUT2D eigenvalue weighted by molar-refractivity contribution is 6.33. The fourth-order valence-corrected chi connectivity index (χ4v) is 3.83. The van der Waals surface area contributed by atoms with Gasteiger partial charge in [-0.1, -0.05) is 30.9 Å². The summed E-state index contributed by atoms with van der Waals surface area (Å²) in [6.07, 6.45) is 5.05. The summed E-state index contributed by atoms with van der Waals surface area (Å²) in [5.41, 5.74) is -0.723. The van der Waals surface area contributed by atoms with Crippen molar-refractivity contribution < 1.29 is 24.4 Å². The summed E-state index contributed by atoms with van der Waals surface area (Å²) in [5.74, 6) is -0.0959. The number of halogens is 1. The van der Waals surface area contributed by atoms with E-state index in [1.165, 1.54) is 12.1 Å². The minimum atomic E-state index is -0.850. The van der Waals surface area contributed by atoms with Gasteiger partial charge < -0.3 is 14.7 Å². The number of nitrogens with zero attached hydrogens (tertiary/aromatic N) is 2. The van der Waals surface area contributed by atoms with Gasteiger partial charge in [-0.15, -0.1) is 0 Å². The van der Waals surface area contributed by atoms with E-state index in [1.807, 2.05) is 0 Å². The molecule has 0 bridgehead atoms. The molecule has 1 amide bonds. The predicted octanol–water partition coefficient (Wildman–Crippen LogP) is 3.72. The number of amides is 1. The van der Waals surface area contributed by atoms with Gasteiger partial charge in [-0.05, 0) is 38.3 Å². The van der Waals surface area contributed by atoms with Gasteiger partial charge in [0.25, 0.3) is 0 Å². The minimum Gasteiger partial charge on any atom is -0.493 e. The average Bonchev–Trinajstić information content (AvgIpc) is 2.66. The maximum absolute atomic E-state index is 12.6. The number of carbonyl (C=O) groups is 2. The van der Waals surface area contributed by atoms with Crippen molar-refractivity contribution in [2.75, 3.05) is 6.61 Å². The molecule has 1 aromatic carbocycles. The highest BCUT2D eigenvalue weighted by Crippen LogP contribution is 2.34. The Morgan fingerprint density at radius 2 is 2.11 bits per heavy atom. The van der Waals surface area contributed by atoms with Crippen molar-refractivity contribution in [2.45, 2.75) is 64.1 Å². The second kappa shape index (κ2) is 10.4. The molecule has 1 aromatic rings. The lowest BCUT2D eigenvalue weighted by Gasteiger charge is -2.36. The normalized spacial score (nSPS) is 15.7. The van der Waals surface area contributed by atoms with Gasteiger partial charge in [0.2, 0.25) is 5.91 Å². The van der Waals surface area contributed by atoms with E-state index in [2.05, 4.69) is 0 Å². The molecule has 1 unspecified atom stereocenters. The second-order valence-corrected chi connectivity index (χ2v) is 7.27. The smallest absolute Gasteiger partial charge is 0.302 e. The Kier molecular flexibility index (Phi) is 8.19. The summed E-state index contributed by atoms with van der Waals surface area (Å²) in [5, 5.41) is 21.0. The molecule has 154 valence electrons. The van der Waals surface area contributed by atoms with E-state index in [0.717, 1.165) is 32.1 Å². The number of rotatable bonds is 9. The summed E-state index contributed by atoms with van der Waals surface area (Å²) < 4.78 is 5.48. The van der Waals surface area contributed by atoms with Crippen molar-refractivity contribution >= 4 is 29.5 Å². The zero-order valence-corrected chi connectivity index (χ0v) is 16.6. The SMILES string of the molecule is CC(O)N(C(=O)CCCOc1ccc(Cl)c([N+](=O)[O-])c1C=O)C1CCCCC1. The van der Waals surface area contributed by atoms with Gasteiger partial charge in [-0.3, -0.25) is 19.7 Å². The molecule has 1 aliphatic rings. The van der Waals surface area contributed by atoms with Crippen molar-refractivity contribution in [2.24, 2.45) is 0 Å². The molecule has 0 spiro atoms. The first kappa shape index (κ1) is 22.1. The van der Waals surface area contributed by atoms with Crippen LogP contribution in [0.1, 0.15) is 62.2 Å². The largest absolute Gasteiger partial charge is 0.493 e. The number of ether oxygens (including phenoxy) is 1. The van der Waals surface area contributed by atoms with E-state index in [0.29, 0.717) is 12.7 Å². The third-order valence-corrected chi connectivity index (χ3v) is 5.18. The molecule has 1 atom stereocenters. The van der Waals surface area contributed by atoms with Crippen molar-refractivity contribution in [1.82, 2.24) is 4.90 Å². The van der Waals surface area contributed by atoms with Crippen molar-refractivity contribution in [3.63, 3.8) is 0 Å². The predicted molar refractivity (Wildman–Crippen MR) is 104 cm³/mol. The van der Waals surface area contributed by atoms with Gasteiger partial charge in [-0.25, -0.2) is 0 Å². The molecule has 0 heterocycles. The van der Waals surface area contributed by atoms with Crippen LogP contribution >= 0.6 is 11.6 Å². The molecule has 1 saturated carbocycles. The molecule has 1 fully saturated rings. The zero-order chi connectivity index (χ0) is 20.7. The monoisotopic (exact) mass is 412 g/mol. The molecule has 0 radical (unpaired) electrons. The number of hydrogen-bond donors (Lipinski definition) is 1. The lowest BCUT2D eigenvalue weighted by atomic mass is 9.93. The Hall–Kier alpha value is -2.19. The lowest BCUT2D eigenvalue weighted by molar-refractivity contribution is -0.385. The van der Waals surface area contributed by atoms with E-state index >= 15 is 0 Å². The lowest BCUT2D eigenvalue weighted by Crippen LogP contribution is -2.46. The Labute approximate surface area is 168 Å². The first-order valence-electron chi connectivity index (χ1n) is 9.41. The van der Waals surface area contributed by atoms with Gasteiger partial charge in [-0.2, -0.15) is 0 Å². The maximum atomic E-state index is 12.6. The van der Waals surface area contributed by atoms with Crippen LogP contribution in [0.3, 0.4) is 0 Å². The van der Waals surface area contributed by atoms with E-state index in [9.17, 15) is 24.8 Å². The number of aldehydes is 1. The summed E-state index contributed by atoms with van der Waals surface area (Å²) in [7, 11) is 0. The topological polar surface area (TPSA) is 110 Å². The van der Waals surface area contributed by atoms with Gasteiger partial charge >= 0.3 is 5.69 Å². The number of benzene rings is 1. The van der Waals surface area contributed by atoms with Gasteiger partial charge in [0, 0.05) is 12.5 Å². The Morgan fingerprint density at radius 1 is 1.43 bits per heavy atom. The van der Waals surface area contributed by atoms with Crippen LogP contribution in [0.4, 0.5) is 5.69 Å². The first-order valence-corrected chi connectivity index (χ1v) is 9.78. The molecule has 1 N–H and O–H groups in total. The third-order valence-electron chi connectivity index (χ3n) is 4.88. The second-order valence-electron chi connectivity index (χ2n) is 6.86. The molecule has 0 saturated heterocycles. The van der Waals surface area contributed by atoms with E-state index < -0.39 is 16.8 Å². The third kappa shape index (κ3) is 5.42. The van der Waals surface area contributed by atoms with Crippen LogP contribution in [-0.2, 0) is 4.79 Å². The molecule has 0 aliphatic heterocycles. The molecule has 0 aromatic heterocycles. The summed E-state index contributed by atoms with van der Waals surface area (Å²) in [6.45, 7) is 1.69. The van der Waals surface area contributed by atoms with E-state index in [1.54, 1.807) is 11.8 Å². The standard InChI is InChI=1S/C19H25ClN2O6/c1-13(24)21(14-6-3-2-4-7-14)18(25)8-5-11-28-17-10-9-16(20)19(22(26)27)15(17)12-23/h9-10,12-14,24H,2-8,11H2,1H3. The quantitative estimate of drug-likeness (QED) is 0.217. The molecule has 1 aliphatic carbocycles. The van der Waals surface area contributed by atoms with Crippen LogP contribution in [-0.4, -0.2) is 46.0 Å². The first-order chi connectivity index (χ1) is 13.4. The van der Waals surface area contributed by atoms with Crippen molar-refractivity contribution in [3.05, 3.63) is 32.8 Å². The van der Waals surface area contributed by atoms with Crippen LogP contribution in [0, 0.1) is 10.1 Å². The highest BCUT2D eigenvalue weighted by Gasteiger charge is 2.28. The van der Waals surface area contributed by atoms with Gasteiger partial charge in [0.15, 0.2) is 6.29 Å². The van der Waals surface area contributed by atoms with Gasteiger partial charge in [0.1, 0.15) is 22.6 Å². The fraction of sp³-hybridized carbons (Fsp3) is 0.579. The molecule has 2 rings (SSSR count). The van der Waals surface area contributed by atoms with E-state index in [4.69, 9.17) is 16.3 Å². The van der Waals surface area contributed by atoms with E-state index in [-0.39, 0.29) is 41.3 Å². The van der Waals surface area contributed by atoms with Crippen LogP contribution in [0.15, 0.2) is 12.1 Å². The molecular weight excluding hydrogens is 388 g/mol. The zero-order valence-electron chi connectivity index (χ0n) is 15.8. The van der Waals surface area contributed by atoms with Crippen LogP contribution in [0.25, 0.3) is 0 Å². The number of carbonyl (C=O) groups excluding carboxylic acids is 2. The highest BCUT2D eigenvalue weighted by atomic mass is 35.5. The van der Waals surface area contributed by atoms with Crippen molar-refractivity contribution in [3.8, 4) is 5.75 Å². The number of aliphatic hydroxyl groups is 1. The Morgan fingerprint density at radius 3 is 2.68 bits per heavy atom. The Balaban J connectivity index is 1.94. The summed E-state index contributed by atoms with van der Waals surface area (Å²) in [4.78, 5) is 35.7. The summed E-state index contributed by atoms with van der Waals surface area (Å²) in [6, 6.07) is 2.75. The van der Waals surface area contributed by atoms with Gasteiger partial charge in [0.05, 0.1) is 11.5 Å². The average molecular weight is 413 g/mol. The molecule has 8 nitrogen and oxygen atoms in total. The Bertz CT molecular complexity index is 719. The maximum Gasteiger partial charge on any atom is 0.302 e. The summed E-state index contributed by atoms with van der Waals surface area (Å²) >= 11 is 5.79. The van der Waals surface area contributed by atoms with Crippen molar-refractivity contribution in [1.29, 1.82) is 0 Å². The van der Waals surface area contributed by atoms with Crippen LogP contribution in [0.5, 0.6) is 5.75 Å². The fourth-order valence-electron chi connectivity index (χ4n) is 3.60. The van der Waals surface area contributed by atoms with Crippen LogP contribution < -0.4 is 4.74 Å². The molecule has 28 heavy (non-hydrogen) atoms. The number of aliphatic hydroxyl groups excluding tert-OH is 1.